The fourth-order valence-electron chi connectivity index (χ4n) is 2.06. The van der Waals surface area contributed by atoms with E-state index in [4.69, 9.17) is 23.2 Å². The van der Waals surface area contributed by atoms with Crippen LogP contribution in [0.25, 0.3) is 0 Å². The van der Waals surface area contributed by atoms with E-state index in [2.05, 4.69) is 17.5 Å². The molecule has 0 saturated heterocycles. The lowest BCUT2D eigenvalue weighted by Crippen LogP contribution is -2.25. The molecule has 1 atom stereocenters. The van der Waals surface area contributed by atoms with E-state index in [0.717, 1.165) is 24.1 Å². The number of halogens is 2. The summed E-state index contributed by atoms with van der Waals surface area (Å²) in [6, 6.07) is 5.36. The number of amides is 1. The summed E-state index contributed by atoms with van der Waals surface area (Å²) >= 11 is 12.2. The topological polar surface area (TPSA) is 41.5 Å². The molecule has 1 aliphatic heterocycles. The summed E-state index contributed by atoms with van der Waals surface area (Å²) in [5.74, 6) is -0.322. The van der Waals surface area contributed by atoms with Gasteiger partial charge in [-0.15, -0.1) is 0 Å². The van der Waals surface area contributed by atoms with Crippen LogP contribution in [0.2, 0.25) is 10.0 Å². The van der Waals surface area contributed by atoms with Crippen molar-refractivity contribution in [3.05, 3.63) is 33.8 Å². The van der Waals surface area contributed by atoms with Crippen molar-refractivity contribution in [1.29, 1.82) is 0 Å². The number of carbonyl (C=O) groups is 1. The zero-order valence-corrected chi connectivity index (χ0v) is 11.6. The van der Waals surface area contributed by atoms with Gasteiger partial charge in [-0.3, -0.25) is 4.79 Å². The molecule has 0 aromatic heterocycles. The van der Waals surface area contributed by atoms with Crippen LogP contribution in [0.15, 0.2) is 23.3 Å². The second-order valence-corrected chi connectivity index (χ2v) is 5.10. The lowest BCUT2D eigenvalue weighted by Gasteiger charge is -2.12. The highest BCUT2D eigenvalue weighted by Crippen LogP contribution is 2.28. The lowest BCUT2D eigenvalue weighted by molar-refractivity contribution is -0.122. The molecule has 1 amide bonds. The summed E-state index contributed by atoms with van der Waals surface area (Å²) in [6.07, 6.45) is 2.27. The molecule has 0 saturated carbocycles. The summed E-state index contributed by atoms with van der Waals surface area (Å²) in [6.45, 7) is 2.06. The Hall–Kier alpha value is -1.06. The fraction of sp³-hybridized carbons (Fsp3) is 0.385. The van der Waals surface area contributed by atoms with Gasteiger partial charge in [-0.2, -0.15) is 5.10 Å². The average Bonchev–Trinajstić information content (AvgIpc) is 2.66. The second kappa shape index (κ2) is 5.72. The molecule has 18 heavy (non-hydrogen) atoms. The Labute approximate surface area is 116 Å². The molecule has 1 N–H and O–H groups in total. The van der Waals surface area contributed by atoms with E-state index in [1.807, 2.05) is 0 Å². The normalized spacial score (nSPS) is 18.7. The maximum atomic E-state index is 11.8. The van der Waals surface area contributed by atoms with Gasteiger partial charge in [0.15, 0.2) is 0 Å². The van der Waals surface area contributed by atoms with Crippen LogP contribution in [-0.2, 0) is 11.2 Å². The first-order valence-electron chi connectivity index (χ1n) is 5.92. The number of benzene rings is 1. The van der Waals surface area contributed by atoms with Gasteiger partial charge in [-0.1, -0.05) is 42.6 Å². The molecule has 3 nitrogen and oxygen atoms in total. The molecule has 0 bridgehead atoms. The molecule has 1 unspecified atom stereocenters. The van der Waals surface area contributed by atoms with E-state index in [0.29, 0.717) is 16.5 Å². The van der Waals surface area contributed by atoms with Gasteiger partial charge in [-0.25, -0.2) is 5.43 Å². The van der Waals surface area contributed by atoms with Gasteiger partial charge in [0.1, 0.15) is 0 Å². The van der Waals surface area contributed by atoms with Gasteiger partial charge in [0.25, 0.3) is 0 Å². The lowest BCUT2D eigenvalue weighted by atomic mass is 9.92. The third-order valence-electron chi connectivity index (χ3n) is 3.00. The van der Waals surface area contributed by atoms with Crippen LogP contribution < -0.4 is 5.43 Å². The van der Waals surface area contributed by atoms with E-state index in [1.54, 1.807) is 18.2 Å². The minimum atomic E-state index is -0.248. The standard InChI is InChI=1S/C13H14Cl2N2O/c1-2-4-12-9(13(18)17-16-12)7-8-10(14)5-3-6-11(8)15/h3,5-6,9H,2,4,7H2,1H3,(H,17,18). The SMILES string of the molecule is CCCC1=NNC(=O)C1Cc1c(Cl)cccc1Cl. The van der Waals surface area contributed by atoms with Crippen LogP contribution in [-0.4, -0.2) is 11.6 Å². The van der Waals surface area contributed by atoms with Gasteiger partial charge in [0.05, 0.1) is 11.6 Å². The zero-order chi connectivity index (χ0) is 13.1. The van der Waals surface area contributed by atoms with Gasteiger partial charge >= 0.3 is 0 Å². The van der Waals surface area contributed by atoms with E-state index in [9.17, 15) is 4.79 Å². The number of nitrogens with one attached hydrogen (secondary N) is 1. The number of rotatable bonds is 4. The number of hydrogen-bond acceptors (Lipinski definition) is 2. The molecule has 1 heterocycles. The van der Waals surface area contributed by atoms with Crippen molar-refractivity contribution in [2.24, 2.45) is 11.0 Å². The Balaban J connectivity index is 2.22. The van der Waals surface area contributed by atoms with E-state index in [-0.39, 0.29) is 11.8 Å². The maximum absolute atomic E-state index is 11.8. The molecule has 1 aliphatic rings. The smallest absolute Gasteiger partial charge is 0.249 e. The van der Waals surface area contributed by atoms with E-state index < -0.39 is 0 Å². The number of carbonyl (C=O) groups excluding carboxylic acids is 1. The highest BCUT2D eigenvalue weighted by molar-refractivity contribution is 6.36. The highest BCUT2D eigenvalue weighted by Gasteiger charge is 2.30. The van der Waals surface area contributed by atoms with Crippen molar-refractivity contribution in [3.8, 4) is 0 Å². The summed E-state index contributed by atoms with van der Waals surface area (Å²) in [4.78, 5) is 11.8. The van der Waals surface area contributed by atoms with Crippen molar-refractivity contribution in [2.45, 2.75) is 26.2 Å². The zero-order valence-electron chi connectivity index (χ0n) is 10.0. The molecular formula is C13H14Cl2N2O. The Morgan fingerprint density at radius 1 is 1.33 bits per heavy atom. The maximum Gasteiger partial charge on any atom is 0.249 e. The first-order valence-corrected chi connectivity index (χ1v) is 6.68. The molecule has 0 aliphatic carbocycles. The van der Waals surface area contributed by atoms with Gasteiger partial charge in [-0.05, 0) is 30.5 Å². The van der Waals surface area contributed by atoms with Gasteiger partial charge in [0, 0.05) is 10.0 Å². The molecule has 5 heteroatoms. The Kier molecular flexibility index (Phi) is 4.25. The molecule has 2 rings (SSSR count). The van der Waals surface area contributed by atoms with Crippen LogP contribution >= 0.6 is 23.2 Å². The minimum Gasteiger partial charge on any atom is -0.272 e. The molecule has 1 aromatic rings. The molecule has 1 aromatic carbocycles. The fourth-order valence-corrected chi connectivity index (χ4v) is 2.61. The van der Waals surface area contributed by atoms with E-state index >= 15 is 0 Å². The van der Waals surface area contributed by atoms with E-state index in [1.165, 1.54) is 0 Å². The largest absolute Gasteiger partial charge is 0.272 e. The highest BCUT2D eigenvalue weighted by atomic mass is 35.5. The quantitative estimate of drug-likeness (QED) is 0.904. The van der Waals surface area contributed by atoms with Gasteiger partial charge < -0.3 is 0 Å². The Morgan fingerprint density at radius 2 is 2.00 bits per heavy atom. The van der Waals surface area contributed by atoms with Crippen LogP contribution in [0, 0.1) is 5.92 Å². The summed E-state index contributed by atoms with van der Waals surface area (Å²) in [7, 11) is 0. The molecule has 0 spiro atoms. The average molecular weight is 285 g/mol. The first kappa shape index (κ1) is 13.4. The second-order valence-electron chi connectivity index (χ2n) is 4.29. The monoisotopic (exact) mass is 284 g/mol. The molecular weight excluding hydrogens is 271 g/mol. The third-order valence-corrected chi connectivity index (χ3v) is 3.71. The van der Waals surface area contributed by atoms with Crippen molar-refractivity contribution >= 4 is 34.8 Å². The minimum absolute atomic E-state index is 0.0746. The van der Waals surface area contributed by atoms with Crippen molar-refractivity contribution in [2.75, 3.05) is 0 Å². The molecule has 0 fully saturated rings. The van der Waals surface area contributed by atoms with Gasteiger partial charge in [0.2, 0.25) is 5.91 Å². The van der Waals surface area contributed by atoms with Crippen molar-refractivity contribution < 1.29 is 4.79 Å². The van der Waals surface area contributed by atoms with Crippen LogP contribution in [0.5, 0.6) is 0 Å². The number of hydrogen-bond donors (Lipinski definition) is 1. The predicted molar refractivity (Wildman–Crippen MR) is 74.1 cm³/mol. The number of hydrazone groups is 1. The first-order chi connectivity index (χ1) is 8.63. The van der Waals surface area contributed by atoms with Crippen LogP contribution in [0.1, 0.15) is 25.3 Å². The predicted octanol–water partition coefficient (Wildman–Crippen LogP) is 3.44. The Bertz CT molecular complexity index is 480. The molecule has 96 valence electrons. The molecule has 0 radical (unpaired) electrons. The summed E-state index contributed by atoms with van der Waals surface area (Å²) < 4.78 is 0. The number of nitrogens with zero attached hydrogens (tertiary/aromatic N) is 1. The summed E-state index contributed by atoms with van der Waals surface area (Å²) in [5.41, 5.74) is 4.23. The van der Waals surface area contributed by atoms with Crippen molar-refractivity contribution in [1.82, 2.24) is 5.43 Å². The van der Waals surface area contributed by atoms with Crippen LogP contribution in [0.4, 0.5) is 0 Å². The van der Waals surface area contributed by atoms with Crippen LogP contribution in [0.3, 0.4) is 0 Å². The Morgan fingerprint density at radius 3 is 2.61 bits per heavy atom. The summed E-state index contributed by atoms with van der Waals surface area (Å²) in [5, 5.41) is 5.27. The third kappa shape index (κ3) is 2.68. The van der Waals surface area contributed by atoms with Crippen molar-refractivity contribution in [3.63, 3.8) is 0 Å².